The Labute approximate surface area is 161 Å². The van der Waals surface area contributed by atoms with Gasteiger partial charge in [0.15, 0.2) is 5.82 Å². The molecule has 0 spiro atoms. The summed E-state index contributed by atoms with van der Waals surface area (Å²) >= 11 is 0. The predicted molar refractivity (Wildman–Crippen MR) is 106 cm³/mol. The zero-order chi connectivity index (χ0) is 17.7. The zero-order valence-electron chi connectivity index (χ0n) is 14.9. The maximum atomic E-state index is 14.7. The first-order valence-electron chi connectivity index (χ1n) is 8.87. The number of hydrogen-bond acceptors (Lipinski definition) is 4. The fourth-order valence-electron chi connectivity index (χ4n) is 3.70. The van der Waals surface area contributed by atoms with Gasteiger partial charge in [-0.15, -0.1) is 12.4 Å². The van der Waals surface area contributed by atoms with E-state index in [9.17, 15) is 4.39 Å². The summed E-state index contributed by atoms with van der Waals surface area (Å²) in [6, 6.07) is 7.61. The summed E-state index contributed by atoms with van der Waals surface area (Å²) in [6.07, 6.45) is 5.85. The van der Waals surface area contributed by atoms with Crippen LogP contribution >= 0.6 is 12.4 Å². The van der Waals surface area contributed by atoms with E-state index in [0.717, 1.165) is 53.6 Å². The lowest BCUT2D eigenvalue weighted by atomic mass is 10.1. The minimum atomic E-state index is -0.307. The van der Waals surface area contributed by atoms with E-state index >= 15 is 0 Å². The molecule has 6 nitrogen and oxygen atoms in total. The van der Waals surface area contributed by atoms with E-state index in [1.807, 2.05) is 42.3 Å². The Morgan fingerprint density at radius 3 is 2.70 bits per heavy atom. The summed E-state index contributed by atoms with van der Waals surface area (Å²) in [5.74, 6) is -0.307. The van der Waals surface area contributed by atoms with Crippen molar-refractivity contribution in [3.05, 3.63) is 42.5 Å². The SMILES string of the molecule is Cl.Cn1cc2nc(-c3cc(F)c4nn(C5CCNCC5)cc4c3)ccc2n1. The maximum Gasteiger partial charge on any atom is 0.151 e. The van der Waals surface area contributed by atoms with Gasteiger partial charge in [-0.05, 0) is 50.2 Å². The van der Waals surface area contributed by atoms with Gasteiger partial charge in [0.2, 0.25) is 0 Å². The van der Waals surface area contributed by atoms with Crippen molar-refractivity contribution in [2.45, 2.75) is 18.9 Å². The molecule has 0 saturated carbocycles. The second-order valence-corrected chi connectivity index (χ2v) is 6.89. The monoisotopic (exact) mass is 386 g/mol. The Morgan fingerprint density at radius 2 is 1.89 bits per heavy atom. The molecule has 27 heavy (non-hydrogen) atoms. The number of nitrogens with one attached hydrogen (secondary N) is 1. The molecule has 5 rings (SSSR count). The van der Waals surface area contributed by atoms with Gasteiger partial charge >= 0.3 is 0 Å². The van der Waals surface area contributed by atoms with Gasteiger partial charge in [-0.3, -0.25) is 9.36 Å². The topological polar surface area (TPSA) is 60.6 Å². The van der Waals surface area contributed by atoms with Gasteiger partial charge in [0.05, 0.1) is 17.9 Å². The third-order valence-electron chi connectivity index (χ3n) is 5.04. The Hall–Kier alpha value is -2.51. The summed E-state index contributed by atoms with van der Waals surface area (Å²) in [6.45, 7) is 1.95. The van der Waals surface area contributed by atoms with Crippen molar-refractivity contribution in [2.75, 3.05) is 13.1 Å². The molecule has 0 atom stereocenters. The van der Waals surface area contributed by atoms with Crippen molar-refractivity contribution >= 4 is 34.3 Å². The fourth-order valence-corrected chi connectivity index (χ4v) is 3.70. The summed E-state index contributed by atoms with van der Waals surface area (Å²) in [5.41, 5.74) is 3.55. The lowest BCUT2D eigenvalue weighted by Crippen LogP contribution is -2.29. The molecular formula is C19H20ClFN6. The molecule has 4 heterocycles. The molecule has 0 radical (unpaired) electrons. The summed E-state index contributed by atoms with van der Waals surface area (Å²) in [5, 5.41) is 13.0. The number of fused-ring (bicyclic) bond motifs is 2. The molecule has 1 fully saturated rings. The molecular weight excluding hydrogens is 367 g/mol. The summed E-state index contributed by atoms with van der Waals surface area (Å²) in [4.78, 5) is 4.63. The van der Waals surface area contributed by atoms with Crippen molar-refractivity contribution in [3.8, 4) is 11.3 Å². The maximum absolute atomic E-state index is 14.7. The molecule has 0 aliphatic carbocycles. The standard InChI is InChI=1S/C19H19FN6.ClH/c1-25-11-18-17(23-25)3-2-16(22-18)12-8-13-10-26(14-4-6-21-7-5-14)24-19(13)15(20)9-12;/h2-3,8-11,14,21H,4-7H2,1H3;1H. The third kappa shape index (κ3) is 3.17. The second-order valence-electron chi connectivity index (χ2n) is 6.89. The largest absolute Gasteiger partial charge is 0.317 e. The van der Waals surface area contributed by atoms with Crippen LogP contribution in [-0.2, 0) is 7.05 Å². The van der Waals surface area contributed by atoms with Crippen molar-refractivity contribution in [2.24, 2.45) is 7.05 Å². The van der Waals surface area contributed by atoms with E-state index in [2.05, 4.69) is 20.5 Å². The quantitative estimate of drug-likeness (QED) is 0.573. The molecule has 1 saturated heterocycles. The van der Waals surface area contributed by atoms with Crippen LogP contribution in [0.1, 0.15) is 18.9 Å². The van der Waals surface area contributed by atoms with Crippen LogP contribution in [0.5, 0.6) is 0 Å². The highest BCUT2D eigenvalue weighted by Gasteiger charge is 2.18. The van der Waals surface area contributed by atoms with Crippen LogP contribution in [0, 0.1) is 5.82 Å². The Bertz CT molecular complexity index is 1110. The van der Waals surface area contributed by atoms with Gasteiger partial charge in [-0.1, -0.05) is 0 Å². The normalized spacial score (nSPS) is 15.3. The minimum Gasteiger partial charge on any atom is -0.317 e. The summed E-state index contributed by atoms with van der Waals surface area (Å²) in [7, 11) is 1.86. The van der Waals surface area contributed by atoms with Gasteiger partial charge in [0.25, 0.3) is 0 Å². The molecule has 140 valence electrons. The van der Waals surface area contributed by atoms with Crippen molar-refractivity contribution < 1.29 is 4.39 Å². The number of rotatable bonds is 2. The first kappa shape index (κ1) is 17.9. The highest BCUT2D eigenvalue weighted by molar-refractivity contribution is 5.86. The Balaban J connectivity index is 0.00000180. The molecule has 4 aromatic rings. The average molecular weight is 387 g/mol. The molecule has 1 aliphatic rings. The number of aromatic nitrogens is 5. The van der Waals surface area contributed by atoms with E-state index in [1.54, 1.807) is 4.68 Å². The second kappa shape index (κ2) is 6.90. The number of pyridine rings is 1. The van der Waals surface area contributed by atoms with Crippen LogP contribution in [0.15, 0.2) is 36.7 Å². The molecule has 0 bridgehead atoms. The molecule has 1 aromatic carbocycles. The number of halogens is 2. The predicted octanol–water partition coefficient (Wildman–Crippen LogP) is 3.47. The molecule has 0 amide bonds. The van der Waals surface area contributed by atoms with E-state index in [0.29, 0.717) is 11.6 Å². The van der Waals surface area contributed by atoms with Crippen LogP contribution < -0.4 is 5.32 Å². The van der Waals surface area contributed by atoms with E-state index in [1.165, 1.54) is 6.07 Å². The Morgan fingerprint density at radius 1 is 1.07 bits per heavy atom. The highest BCUT2D eigenvalue weighted by atomic mass is 35.5. The number of hydrogen-bond donors (Lipinski definition) is 1. The van der Waals surface area contributed by atoms with Gasteiger partial charge < -0.3 is 5.32 Å². The van der Waals surface area contributed by atoms with Crippen LogP contribution in [0.2, 0.25) is 0 Å². The lowest BCUT2D eigenvalue weighted by molar-refractivity contribution is 0.344. The zero-order valence-corrected chi connectivity index (χ0v) is 15.7. The number of piperidine rings is 1. The average Bonchev–Trinajstić information content (AvgIpc) is 3.24. The Kier molecular flexibility index (Phi) is 4.57. The van der Waals surface area contributed by atoms with Gasteiger partial charge in [0.1, 0.15) is 16.6 Å². The van der Waals surface area contributed by atoms with Crippen molar-refractivity contribution in [3.63, 3.8) is 0 Å². The van der Waals surface area contributed by atoms with Crippen molar-refractivity contribution in [1.29, 1.82) is 0 Å². The van der Waals surface area contributed by atoms with Crippen LogP contribution in [0.3, 0.4) is 0 Å². The fraction of sp³-hybridized carbons (Fsp3) is 0.316. The first-order valence-corrected chi connectivity index (χ1v) is 8.87. The van der Waals surface area contributed by atoms with E-state index in [-0.39, 0.29) is 18.2 Å². The van der Waals surface area contributed by atoms with Crippen LogP contribution in [0.25, 0.3) is 33.2 Å². The van der Waals surface area contributed by atoms with Crippen molar-refractivity contribution in [1.82, 2.24) is 29.9 Å². The number of nitrogens with zero attached hydrogens (tertiary/aromatic N) is 5. The first-order chi connectivity index (χ1) is 12.7. The smallest absolute Gasteiger partial charge is 0.151 e. The van der Waals surface area contributed by atoms with Crippen LogP contribution in [0.4, 0.5) is 4.39 Å². The lowest BCUT2D eigenvalue weighted by Gasteiger charge is -2.22. The highest BCUT2D eigenvalue weighted by Crippen LogP contribution is 2.28. The van der Waals surface area contributed by atoms with Gasteiger partial charge in [-0.25, -0.2) is 9.37 Å². The number of benzene rings is 1. The minimum absolute atomic E-state index is 0. The molecule has 1 aliphatic heterocycles. The summed E-state index contributed by atoms with van der Waals surface area (Å²) < 4.78 is 18.4. The van der Waals surface area contributed by atoms with Crippen LogP contribution in [-0.4, -0.2) is 37.6 Å². The number of aryl methyl sites for hydroxylation is 1. The van der Waals surface area contributed by atoms with Gasteiger partial charge in [0, 0.05) is 24.2 Å². The molecule has 0 unspecified atom stereocenters. The van der Waals surface area contributed by atoms with E-state index < -0.39 is 0 Å². The molecule has 3 aromatic heterocycles. The van der Waals surface area contributed by atoms with Gasteiger partial charge in [-0.2, -0.15) is 10.2 Å². The van der Waals surface area contributed by atoms with E-state index in [4.69, 9.17) is 0 Å². The third-order valence-corrected chi connectivity index (χ3v) is 5.04. The molecule has 1 N–H and O–H groups in total. The molecule has 8 heteroatoms.